The van der Waals surface area contributed by atoms with Gasteiger partial charge in [0.05, 0.1) is 12.2 Å². The zero-order valence-corrected chi connectivity index (χ0v) is 10.0. The number of carboxylic acids is 1. The standard InChI is InChI=1S/C8H16N2O5S/c1-6(5-16(2,14)15)10-8(13)9-4-3-7(11)12/h6H,3-5H2,1-2H3,(H,11,12)(H2,9,10,13). The normalized spacial score (nSPS) is 12.9. The molecule has 1 atom stereocenters. The van der Waals surface area contributed by atoms with Gasteiger partial charge >= 0.3 is 12.0 Å². The van der Waals surface area contributed by atoms with E-state index in [2.05, 4.69) is 10.6 Å². The molecular formula is C8H16N2O5S. The highest BCUT2D eigenvalue weighted by Crippen LogP contribution is 1.89. The van der Waals surface area contributed by atoms with Crippen LogP contribution in [-0.2, 0) is 14.6 Å². The molecule has 0 aromatic carbocycles. The Morgan fingerprint density at radius 2 is 1.94 bits per heavy atom. The Hall–Kier alpha value is -1.31. The van der Waals surface area contributed by atoms with E-state index < -0.39 is 27.9 Å². The Balaban J connectivity index is 3.83. The number of carboxylic acid groups (broad SMARTS) is 1. The van der Waals surface area contributed by atoms with E-state index in [0.29, 0.717) is 0 Å². The van der Waals surface area contributed by atoms with Crippen molar-refractivity contribution in [1.82, 2.24) is 10.6 Å². The second kappa shape index (κ2) is 6.31. The van der Waals surface area contributed by atoms with Gasteiger partial charge in [0.15, 0.2) is 0 Å². The molecule has 7 nitrogen and oxygen atoms in total. The van der Waals surface area contributed by atoms with Crippen molar-refractivity contribution in [3.05, 3.63) is 0 Å². The average Bonchev–Trinajstić information content (AvgIpc) is 1.98. The van der Waals surface area contributed by atoms with Crippen LogP contribution in [0.1, 0.15) is 13.3 Å². The molecule has 8 heteroatoms. The summed E-state index contributed by atoms with van der Waals surface area (Å²) in [6.45, 7) is 1.56. The Morgan fingerprint density at radius 3 is 2.38 bits per heavy atom. The molecule has 0 heterocycles. The molecule has 0 aliphatic heterocycles. The molecule has 1 unspecified atom stereocenters. The zero-order chi connectivity index (χ0) is 12.8. The van der Waals surface area contributed by atoms with Crippen LogP contribution in [-0.4, -0.2) is 50.1 Å². The molecule has 0 bridgehead atoms. The van der Waals surface area contributed by atoms with Crippen LogP contribution in [0.15, 0.2) is 0 Å². The van der Waals surface area contributed by atoms with Gasteiger partial charge in [-0.05, 0) is 6.92 Å². The van der Waals surface area contributed by atoms with Crippen molar-refractivity contribution in [2.45, 2.75) is 19.4 Å². The molecule has 94 valence electrons. The molecule has 16 heavy (non-hydrogen) atoms. The van der Waals surface area contributed by atoms with Crippen LogP contribution in [0, 0.1) is 0 Å². The van der Waals surface area contributed by atoms with Gasteiger partial charge in [-0.1, -0.05) is 0 Å². The second-order valence-corrected chi connectivity index (χ2v) is 5.72. The highest BCUT2D eigenvalue weighted by molar-refractivity contribution is 7.90. The molecule has 0 aliphatic rings. The van der Waals surface area contributed by atoms with Gasteiger partial charge < -0.3 is 15.7 Å². The fourth-order valence-electron chi connectivity index (χ4n) is 1.05. The number of carbonyl (C=O) groups excluding carboxylic acids is 1. The van der Waals surface area contributed by atoms with Crippen molar-refractivity contribution in [3.8, 4) is 0 Å². The number of nitrogens with one attached hydrogen (secondary N) is 2. The fraction of sp³-hybridized carbons (Fsp3) is 0.750. The third-order valence-corrected chi connectivity index (χ3v) is 2.66. The maximum Gasteiger partial charge on any atom is 0.315 e. The van der Waals surface area contributed by atoms with Gasteiger partial charge in [0.1, 0.15) is 9.84 Å². The van der Waals surface area contributed by atoms with Gasteiger partial charge in [0.25, 0.3) is 0 Å². The van der Waals surface area contributed by atoms with Crippen molar-refractivity contribution >= 4 is 21.8 Å². The van der Waals surface area contributed by atoms with E-state index in [1.54, 1.807) is 6.92 Å². The molecule has 0 fully saturated rings. The minimum absolute atomic E-state index is 0.00671. The van der Waals surface area contributed by atoms with E-state index in [-0.39, 0.29) is 18.7 Å². The minimum atomic E-state index is -3.14. The van der Waals surface area contributed by atoms with Crippen LogP contribution < -0.4 is 10.6 Å². The second-order valence-electron chi connectivity index (χ2n) is 3.54. The summed E-state index contributed by atoms with van der Waals surface area (Å²) in [5.74, 6) is -1.16. The maximum atomic E-state index is 11.1. The van der Waals surface area contributed by atoms with Gasteiger partial charge in [0.2, 0.25) is 0 Å². The lowest BCUT2D eigenvalue weighted by molar-refractivity contribution is -0.136. The highest BCUT2D eigenvalue weighted by Gasteiger charge is 2.12. The van der Waals surface area contributed by atoms with Crippen LogP contribution >= 0.6 is 0 Å². The van der Waals surface area contributed by atoms with Gasteiger partial charge in [-0.15, -0.1) is 0 Å². The SMILES string of the molecule is CC(CS(C)(=O)=O)NC(=O)NCCC(=O)O. The Bertz CT molecular complexity index is 351. The molecule has 3 N–H and O–H groups in total. The largest absolute Gasteiger partial charge is 0.481 e. The van der Waals surface area contributed by atoms with Gasteiger partial charge in [-0.2, -0.15) is 0 Å². The summed E-state index contributed by atoms with van der Waals surface area (Å²) in [5, 5.41) is 13.0. The van der Waals surface area contributed by atoms with Crippen LogP contribution in [0.2, 0.25) is 0 Å². The van der Waals surface area contributed by atoms with Crippen molar-refractivity contribution in [3.63, 3.8) is 0 Å². The number of hydrogen-bond donors (Lipinski definition) is 3. The van der Waals surface area contributed by atoms with Crippen LogP contribution in [0.4, 0.5) is 4.79 Å². The van der Waals surface area contributed by atoms with Crippen LogP contribution in [0.3, 0.4) is 0 Å². The molecular weight excluding hydrogens is 236 g/mol. The summed E-state index contributed by atoms with van der Waals surface area (Å²) in [4.78, 5) is 21.3. The van der Waals surface area contributed by atoms with E-state index in [9.17, 15) is 18.0 Å². The molecule has 0 aromatic rings. The van der Waals surface area contributed by atoms with Crippen molar-refractivity contribution < 1.29 is 23.1 Å². The fourth-order valence-corrected chi connectivity index (χ4v) is 2.05. The molecule has 0 saturated heterocycles. The van der Waals surface area contributed by atoms with E-state index in [0.717, 1.165) is 6.26 Å². The van der Waals surface area contributed by atoms with Crippen molar-refractivity contribution in [1.29, 1.82) is 0 Å². The van der Waals surface area contributed by atoms with E-state index in [4.69, 9.17) is 5.11 Å². The van der Waals surface area contributed by atoms with Crippen molar-refractivity contribution in [2.75, 3.05) is 18.6 Å². The summed E-state index contributed by atoms with van der Waals surface area (Å²) < 4.78 is 21.8. The van der Waals surface area contributed by atoms with Gasteiger partial charge in [0, 0.05) is 18.8 Å². The lowest BCUT2D eigenvalue weighted by atomic mass is 10.4. The quantitative estimate of drug-likeness (QED) is 0.572. The number of sulfone groups is 1. The summed E-state index contributed by atoms with van der Waals surface area (Å²) in [5.41, 5.74) is 0. The average molecular weight is 252 g/mol. The molecule has 0 aliphatic carbocycles. The smallest absolute Gasteiger partial charge is 0.315 e. The summed E-state index contributed by atoms with van der Waals surface area (Å²) in [7, 11) is -3.14. The number of urea groups is 1. The first-order chi connectivity index (χ1) is 7.20. The number of carbonyl (C=O) groups is 2. The third-order valence-electron chi connectivity index (χ3n) is 1.55. The Kier molecular flexibility index (Phi) is 5.79. The predicted octanol–water partition coefficient (Wildman–Crippen LogP) is -0.807. The first kappa shape index (κ1) is 14.7. The summed E-state index contributed by atoms with van der Waals surface area (Å²) in [6.07, 6.45) is 0.904. The van der Waals surface area contributed by atoms with E-state index >= 15 is 0 Å². The molecule has 2 amide bonds. The first-order valence-electron chi connectivity index (χ1n) is 4.64. The van der Waals surface area contributed by atoms with E-state index in [1.165, 1.54) is 0 Å². The highest BCUT2D eigenvalue weighted by atomic mass is 32.2. The van der Waals surface area contributed by atoms with Crippen molar-refractivity contribution in [2.24, 2.45) is 0 Å². The van der Waals surface area contributed by atoms with Gasteiger partial charge in [-0.25, -0.2) is 13.2 Å². The summed E-state index contributed by atoms with van der Waals surface area (Å²) >= 11 is 0. The van der Waals surface area contributed by atoms with Gasteiger partial charge in [-0.3, -0.25) is 4.79 Å². The molecule has 0 rings (SSSR count). The Morgan fingerprint density at radius 1 is 1.38 bits per heavy atom. The van der Waals surface area contributed by atoms with Crippen LogP contribution in [0.25, 0.3) is 0 Å². The molecule has 0 spiro atoms. The minimum Gasteiger partial charge on any atom is -0.481 e. The number of hydrogen-bond acceptors (Lipinski definition) is 4. The van der Waals surface area contributed by atoms with Crippen LogP contribution in [0.5, 0.6) is 0 Å². The summed E-state index contributed by atoms with van der Waals surface area (Å²) in [6, 6.07) is -1.09. The predicted molar refractivity (Wildman–Crippen MR) is 58.0 cm³/mol. The lowest BCUT2D eigenvalue weighted by Gasteiger charge is -2.13. The molecule has 0 aromatic heterocycles. The number of aliphatic carboxylic acids is 1. The monoisotopic (exact) mass is 252 g/mol. The molecule has 0 radical (unpaired) electrons. The first-order valence-corrected chi connectivity index (χ1v) is 6.70. The molecule has 0 saturated carbocycles. The van der Waals surface area contributed by atoms with E-state index in [1.807, 2.05) is 0 Å². The topological polar surface area (TPSA) is 113 Å². The number of amides is 2. The Labute approximate surface area is 94.1 Å². The maximum absolute atomic E-state index is 11.1. The third kappa shape index (κ3) is 9.25. The number of rotatable bonds is 6. The lowest BCUT2D eigenvalue weighted by Crippen LogP contribution is -2.44. The zero-order valence-electron chi connectivity index (χ0n) is 9.19.